The first kappa shape index (κ1) is 17.7. The monoisotopic (exact) mass is 345 g/mol. The largest absolute Gasteiger partial charge is 0.373 e. The molecule has 7 nitrogen and oxygen atoms in total. The van der Waals surface area contributed by atoms with Crippen LogP contribution < -0.4 is 5.32 Å². The maximum absolute atomic E-state index is 12.7. The zero-order chi connectivity index (χ0) is 18.0. The van der Waals surface area contributed by atoms with Crippen LogP contribution in [0.2, 0.25) is 0 Å². The lowest BCUT2D eigenvalue weighted by Gasteiger charge is -2.39. The third-order valence-corrected chi connectivity index (χ3v) is 4.63. The van der Waals surface area contributed by atoms with Crippen LogP contribution in [0.4, 0.5) is 0 Å². The number of hydrogen-bond donors (Lipinski definition) is 1. The lowest BCUT2D eigenvalue weighted by molar-refractivity contribution is -0.0778. The molecule has 3 heterocycles. The summed E-state index contributed by atoms with van der Waals surface area (Å²) in [7, 11) is 1.84. The van der Waals surface area contributed by atoms with E-state index in [0.717, 1.165) is 18.9 Å². The van der Waals surface area contributed by atoms with Crippen molar-refractivity contribution < 1.29 is 9.53 Å². The fraction of sp³-hybridized carbons (Fsp3) is 0.556. The van der Waals surface area contributed by atoms with Crippen molar-refractivity contribution in [1.29, 1.82) is 0 Å². The fourth-order valence-corrected chi connectivity index (χ4v) is 3.42. The van der Waals surface area contributed by atoms with Crippen molar-refractivity contribution >= 4 is 5.91 Å². The van der Waals surface area contributed by atoms with Gasteiger partial charge in [0.1, 0.15) is 11.4 Å². The Balaban J connectivity index is 1.64. The second-order valence-electron chi connectivity index (χ2n) is 6.87. The predicted molar refractivity (Wildman–Crippen MR) is 95.9 cm³/mol. The molecular weight excluding hydrogens is 318 g/mol. The number of amides is 1. The van der Waals surface area contributed by atoms with E-state index in [0.29, 0.717) is 12.1 Å². The summed E-state index contributed by atoms with van der Waals surface area (Å²) in [6.07, 6.45) is 5.88. The summed E-state index contributed by atoms with van der Waals surface area (Å²) in [5, 5.41) is 7.29. The van der Waals surface area contributed by atoms with Gasteiger partial charge < -0.3 is 14.6 Å². The van der Waals surface area contributed by atoms with Gasteiger partial charge >= 0.3 is 0 Å². The average Bonchev–Trinajstić information content (AvgIpc) is 3.20. The molecule has 1 aliphatic rings. The van der Waals surface area contributed by atoms with Crippen LogP contribution in [0.1, 0.15) is 31.1 Å². The molecule has 3 atom stereocenters. The summed E-state index contributed by atoms with van der Waals surface area (Å²) in [5.74, 6) is 0.668. The Labute approximate surface area is 148 Å². The first-order valence-electron chi connectivity index (χ1n) is 8.78. The number of aromatic nitrogens is 3. The standard InChI is InChI=1S/C18H27N5O2/c1-13(23-11-14(2)25-15(3)12-23)9-19-17(24)16-10-20-21(4)18(16)22-7-5-6-8-22/h5-8,10,13-15H,9,11-12H2,1-4H3,(H,19,24)/t13-,14-,15-/m1/s1. The highest BCUT2D eigenvalue weighted by atomic mass is 16.5. The van der Waals surface area contributed by atoms with Crippen molar-refractivity contribution in [3.8, 4) is 5.82 Å². The number of aryl methyl sites for hydroxylation is 1. The number of hydrogen-bond acceptors (Lipinski definition) is 4. The van der Waals surface area contributed by atoms with E-state index in [4.69, 9.17) is 4.74 Å². The minimum absolute atomic E-state index is 0.0991. The summed E-state index contributed by atoms with van der Waals surface area (Å²) < 4.78 is 9.39. The molecule has 25 heavy (non-hydrogen) atoms. The second-order valence-corrected chi connectivity index (χ2v) is 6.87. The zero-order valence-corrected chi connectivity index (χ0v) is 15.3. The third-order valence-electron chi connectivity index (χ3n) is 4.63. The third kappa shape index (κ3) is 3.93. The zero-order valence-electron chi connectivity index (χ0n) is 15.3. The van der Waals surface area contributed by atoms with Gasteiger partial charge in [-0.25, -0.2) is 0 Å². The first-order chi connectivity index (χ1) is 12.0. The minimum atomic E-state index is -0.0991. The molecule has 0 spiro atoms. The molecule has 0 aromatic carbocycles. The Morgan fingerprint density at radius 3 is 2.60 bits per heavy atom. The van der Waals surface area contributed by atoms with E-state index < -0.39 is 0 Å². The molecule has 0 unspecified atom stereocenters. The summed E-state index contributed by atoms with van der Waals surface area (Å²) in [4.78, 5) is 15.0. The summed E-state index contributed by atoms with van der Waals surface area (Å²) in [6.45, 7) is 8.70. The molecule has 0 bridgehead atoms. The Morgan fingerprint density at radius 1 is 1.32 bits per heavy atom. The molecule has 0 radical (unpaired) electrons. The Hall–Kier alpha value is -2.12. The van der Waals surface area contributed by atoms with E-state index in [2.05, 4.69) is 36.1 Å². The van der Waals surface area contributed by atoms with Crippen LogP contribution >= 0.6 is 0 Å². The fourth-order valence-electron chi connectivity index (χ4n) is 3.42. The van der Waals surface area contributed by atoms with E-state index in [9.17, 15) is 4.79 Å². The molecule has 1 fully saturated rings. The molecule has 1 amide bonds. The van der Waals surface area contributed by atoms with E-state index in [1.54, 1.807) is 10.9 Å². The highest BCUT2D eigenvalue weighted by molar-refractivity contribution is 5.97. The van der Waals surface area contributed by atoms with Gasteiger partial charge in [-0.3, -0.25) is 14.4 Å². The van der Waals surface area contributed by atoms with E-state index in [-0.39, 0.29) is 24.2 Å². The van der Waals surface area contributed by atoms with Crippen molar-refractivity contribution in [3.05, 3.63) is 36.3 Å². The van der Waals surface area contributed by atoms with Gasteiger partial charge in [0, 0.05) is 45.1 Å². The number of morpholine rings is 1. The minimum Gasteiger partial charge on any atom is -0.373 e. The first-order valence-corrected chi connectivity index (χ1v) is 8.78. The van der Waals surface area contributed by atoms with Crippen molar-refractivity contribution in [3.63, 3.8) is 0 Å². The molecule has 3 rings (SSSR count). The van der Waals surface area contributed by atoms with Gasteiger partial charge in [0.2, 0.25) is 0 Å². The van der Waals surface area contributed by atoms with E-state index >= 15 is 0 Å². The van der Waals surface area contributed by atoms with Crippen LogP contribution in [0.25, 0.3) is 5.82 Å². The lowest BCUT2D eigenvalue weighted by atomic mass is 10.1. The van der Waals surface area contributed by atoms with Gasteiger partial charge in [0.25, 0.3) is 5.91 Å². The number of carbonyl (C=O) groups is 1. The Morgan fingerprint density at radius 2 is 1.96 bits per heavy atom. The van der Waals surface area contributed by atoms with Gasteiger partial charge in [-0.15, -0.1) is 0 Å². The van der Waals surface area contributed by atoms with E-state index in [1.807, 2.05) is 36.1 Å². The molecule has 1 saturated heterocycles. The van der Waals surface area contributed by atoms with Gasteiger partial charge in [0.05, 0.1) is 18.4 Å². The van der Waals surface area contributed by atoms with Gasteiger partial charge in [0.15, 0.2) is 0 Å². The Bertz CT molecular complexity index is 699. The molecule has 1 N–H and O–H groups in total. The topological polar surface area (TPSA) is 64.3 Å². The molecule has 2 aromatic rings. The number of carbonyl (C=O) groups excluding carboxylic acids is 1. The van der Waals surface area contributed by atoms with Gasteiger partial charge in [-0.2, -0.15) is 5.10 Å². The molecule has 0 saturated carbocycles. The van der Waals surface area contributed by atoms with Crippen molar-refractivity contribution in [2.75, 3.05) is 19.6 Å². The summed E-state index contributed by atoms with van der Waals surface area (Å²) >= 11 is 0. The molecule has 7 heteroatoms. The summed E-state index contributed by atoms with van der Waals surface area (Å²) in [5.41, 5.74) is 0.578. The van der Waals surface area contributed by atoms with Crippen LogP contribution in [0.15, 0.2) is 30.7 Å². The highest BCUT2D eigenvalue weighted by Gasteiger charge is 2.26. The predicted octanol–water partition coefficient (Wildman–Crippen LogP) is 1.44. The van der Waals surface area contributed by atoms with Crippen molar-refractivity contribution in [1.82, 2.24) is 24.6 Å². The van der Waals surface area contributed by atoms with E-state index in [1.165, 1.54) is 0 Å². The van der Waals surface area contributed by atoms with Crippen LogP contribution in [0.5, 0.6) is 0 Å². The van der Waals surface area contributed by atoms with Crippen molar-refractivity contribution in [2.45, 2.75) is 39.0 Å². The lowest BCUT2D eigenvalue weighted by Crippen LogP contribution is -2.52. The van der Waals surface area contributed by atoms with Gasteiger partial charge in [-0.05, 0) is 32.9 Å². The molecule has 0 aliphatic carbocycles. The molecular formula is C18H27N5O2. The number of nitrogens with one attached hydrogen (secondary N) is 1. The summed E-state index contributed by atoms with van der Waals surface area (Å²) in [6, 6.07) is 4.11. The average molecular weight is 345 g/mol. The molecule has 2 aromatic heterocycles. The number of rotatable bonds is 5. The van der Waals surface area contributed by atoms with Crippen LogP contribution in [0.3, 0.4) is 0 Å². The van der Waals surface area contributed by atoms with Crippen LogP contribution in [-0.4, -0.2) is 63.0 Å². The maximum atomic E-state index is 12.7. The second kappa shape index (κ2) is 7.41. The SMILES string of the molecule is C[C@@H]1CN([C@H](C)CNC(=O)c2cnn(C)c2-n2cccc2)C[C@@H](C)O1. The quantitative estimate of drug-likeness (QED) is 0.891. The normalized spacial score (nSPS) is 22.7. The van der Waals surface area contributed by atoms with Gasteiger partial charge in [-0.1, -0.05) is 0 Å². The molecule has 1 aliphatic heterocycles. The smallest absolute Gasteiger partial charge is 0.256 e. The highest BCUT2D eigenvalue weighted by Crippen LogP contribution is 2.15. The van der Waals surface area contributed by atoms with Crippen molar-refractivity contribution in [2.24, 2.45) is 7.05 Å². The number of ether oxygens (including phenoxy) is 1. The maximum Gasteiger partial charge on any atom is 0.256 e. The number of nitrogens with zero attached hydrogens (tertiary/aromatic N) is 4. The Kier molecular flexibility index (Phi) is 5.24. The molecule has 136 valence electrons. The van der Waals surface area contributed by atoms with Crippen LogP contribution in [0, 0.1) is 0 Å². The van der Waals surface area contributed by atoms with Crippen LogP contribution in [-0.2, 0) is 11.8 Å².